The predicted octanol–water partition coefficient (Wildman–Crippen LogP) is 4.69. The Balaban J connectivity index is 1.19. The molecule has 0 atom stereocenters. The molecule has 0 saturated carbocycles. The van der Waals surface area contributed by atoms with Crippen LogP contribution in [0.1, 0.15) is 16.1 Å². The zero-order chi connectivity index (χ0) is 26.6. The molecule has 0 aliphatic carbocycles. The third-order valence-corrected chi connectivity index (χ3v) is 7.07. The molecule has 39 heavy (non-hydrogen) atoms. The Labute approximate surface area is 227 Å². The van der Waals surface area contributed by atoms with Crippen LogP contribution in [0.25, 0.3) is 16.8 Å². The fourth-order valence-electron chi connectivity index (χ4n) is 4.94. The monoisotopic (exact) mass is 517 g/mol. The maximum Gasteiger partial charge on any atom is 0.274 e. The van der Waals surface area contributed by atoms with Crippen LogP contribution in [-0.4, -0.2) is 53.7 Å². The molecule has 0 radical (unpaired) electrons. The first kappa shape index (κ1) is 24.6. The number of nitrogens with zero attached hydrogens (tertiary/aromatic N) is 5. The van der Waals surface area contributed by atoms with E-state index in [-0.39, 0.29) is 5.91 Å². The normalized spacial score (nSPS) is 13.4. The molecule has 1 saturated heterocycles. The Kier molecular flexibility index (Phi) is 6.93. The maximum absolute atomic E-state index is 13.2. The summed E-state index contributed by atoms with van der Waals surface area (Å²) in [6.07, 6.45) is 3.57. The van der Waals surface area contributed by atoms with Crippen LogP contribution in [0.4, 0.5) is 17.1 Å². The predicted molar refractivity (Wildman–Crippen MR) is 156 cm³/mol. The molecule has 1 amide bonds. The molecular formula is C31H31N7O. The number of anilines is 3. The number of hydrogen-bond donors (Lipinski definition) is 2. The molecule has 1 aliphatic heterocycles. The topological polar surface area (TPSA) is 77.8 Å². The van der Waals surface area contributed by atoms with E-state index >= 15 is 0 Å². The number of rotatable bonds is 7. The molecular weight excluding hydrogens is 486 g/mol. The van der Waals surface area contributed by atoms with E-state index in [1.165, 1.54) is 5.56 Å². The van der Waals surface area contributed by atoms with Crippen molar-refractivity contribution in [1.29, 1.82) is 0 Å². The van der Waals surface area contributed by atoms with Crippen molar-refractivity contribution in [2.75, 3.05) is 48.3 Å². The summed E-state index contributed by atoms with van der Waals surface area (Å²) in [5, 5.41) is 10.8. The first-order valence-electron chi connectivity index (χ1n) is 13.2. The smallest absolute Gasteiger partial charge is 0.274 e. The van der Waals surface area contributed by atoms with Crippen LogP contribution in [0.5, 0.6) is 0 Å². The quantitative estimate of drug-likeness (QED) is 0.326. The van der Waals surface area contributed by atoms with E-state index in [0.29, 0.717) is 11.3 Å². The molecule has 1 fully saturated rings. The number of carbonyl (C=O) groups is 1. The minimum atomic E-state index is -0.250. The van der Waals surface area contributed by atoms with E-state index in [1.54, 1.807) is 23.0 Å². The Morgan fingerprint density at radius 1 is 0.974 bits per heavy atom. The van der Waals surface area contributed by atoms with Gasteiger partial charge in [-0.15, -0.1) is 0 Å². The number of aromatic nitrogens is 3. The second-order valence-electron chi connectivity index (χ2n) is 9.77. The summed E-state index contributed by atoms with van der Waals surface area (Å²) in [5.41, 5.74) is 7.10. The van der Waals surface area contributed by atoms with Gasteiger partial charge in [-0.2, -0.15) is 5.10 Å². The number of piperazine rings is 1. The molecule has 6 rings (SSSR count). The molecule has 0 unspecified atom stereocenters. The lowest BCUT2D eigenvalue weighted by Crippen LogP contribution is -2.43. The van der Waals surface area contributed by atoms with E-state index in [2.05, 4.69) is 87.2 Å². The van der Waals surface area contributed by atoms with Crippen molar-refractivity contribution >= 4 is 28.6 Å². The number of carbonyl (C=O) groups excluding carboxylic acids is 1. The number of hydrogen-bond acceptors (Lipinski definition) is 6. The number of nitrogens with one attached hydrogen (secondary N) is 2. The number of amides is 1. The molecule has 0 spiro atoms. The lowest BCUT2D eigenvalue weighted by Gasteiger charge is -2.29. The van der Waals surface area contributed by atoms with Gasteiger partial charge in [0, 0.05) is 68.6 Å². The average Bonchev–Trinajstić information content (AvgIpc) is 3.42. The van der Waals surface area contributed by atoms with E-state index in [4.69, 9.17) is 4.98 Å². The first-order valence-corrected chi connectivity index (χ1v) is 13.2. The van der Waals surface area contributed by atoms with Gasteiger partial charge in [-0.25, -0.2) is 9.50 Å². The van der Waals surface area contributed by atoms with Crippen LogP contribution in [0.15, 0.2) is 97.3 Å². The molecule has 8 nitrogen and oxygen atoms in total. The van der Waals surface area contributed by atoms with Crippen LogP contribution >= 0.6 is 0 Å². The first-order chi connectivity index (χ1) is 19.1. The summed E-state index contributed by atoms with van der Waals surface area (Å²) in [7, 11) is 2.09. The van der Waals surface area contributed by atoms with Crippen molar-refractivity contribution in [2.45, 2.75) is 6.54 Å². The van der Waals surface area contributed by atoms with Crippen LogP contribution in [-0.2, 0) is 6.54 Å². The van der Waals surface area contributed by atoms with Gasteiger partial charge in [0.1, 0.15) is 5.69 Å². The second kappa shape index (κ2) is 11.0. The fourth-order valence-corrected chi connectivity index (χ4v) is 4.94. The SMILES string of the molecule is CN(Cc1ccccc1)c1ccc(-c2cnn3ccc(C(=O)Nc4cccc(N5CCNCC5)c4)nc23)cc1. The molecule has 3 aromatic carbocycles. The van der Waals surface area contributed by atoms with Crippen LogP contribution in [0.2, 0.25) is 0 Å². The van der Waals surface area contributed by atoms with Gasteiger partial charge < -0.3 is 20.4 Å². The zero-order valence-electron chi connectivity index (χ0n) is 21.9. The number of fused-ring (bicyclic) bond motifs is 1. The van der Waals surface area contributed by atoms with E-state index in [9.17, 15) is 4.79 Å². The Bertz CT molecular complexity index is 1570. The van der Waals surface area contributed by atoms with Crippen molar-refractivity contribution < 1.29 is 4.79 Å². The summed E-state index contributed by atoms with van der Waals surface area (Å²) in [5.74, 6) is -0.250. The molecule has 2 aromatic heterocycles. The van der Waals surface area contributed by atoms with Gasteiger partial charge in [-0.05, 0) is 47.5 Å². The van der Waals surface area contributed by atoms with Gasteiger partial charge in [-0.1, -0.05) is 48.5 Å². The van der Waals surface area contributed by atoms with Gasteiger partial charge in [0.15, 0.2) is 5.65 Å². The van der Waals surface area contributed by atoms with Gasteiger partial charge in [0.05, 0.1) is 6.20 Å². The standard InChI is InChI=1S/C31H31N7O/c1-36(22-23-6-3-2-4-7-23)26-12-10-24(11-13-26)28-21-33-38-17-14-29(35-30(28)38)31(39)34-25-8-5-9-27(20-25)37-18-15-32-16-19-37/h2-14,17,20-21,32H,15-16,18-19,22H2,1H3,(H,34,39). The van der Waals surface area contributed by atoms with Crippen LogP contribution < -0.4 is 20.4 Å². The Morgan fingerprint density at radius 3 is 2.56 bits per heavy atom. The lowest BCUT2D eigenvalue weighted by molar-refractivity contribution is 0.102. The highest BCUT2D eigenvalue weighted by atomic mass is 16.1. The molecule has 1 aliphatic rings. The summed E-state index contributed by atoms with van der Waals surface area (Å²) in [4.78, 5) is 22.4. The van der Waals surface area contributed by atoms with Crippen molar-refractivity contribution in [1.82, 2.24) is 19.9 Å². The highest BCUT2D eigenvalue weighted by molar-refractivity contribution is 6.03. The third-order valence-electron chi connectivity index (χ3n) is 7.07. The highest BCUT2D eigenvalue weighted by Gasteiger charge is 2.15. The summed E-state index contributed by atoms with van der Waals surface area (Å²) in [6, 6.07) is 28.4. The molecule has 2 N–H and O–H groups in total. The summed E-state index contributed by atoms with van der Waals surface area (Å²) < 4.78 is 1.70. The minimum absolute atomic E-state index is 0.250. The molecule has 0 bridgehead atoms. The summed E-state index contributed by atoms with van der Waals surface area (Å²) >= 11 is 0. The van der Waals surface area contributed by atoms with Crippen molar-refractivity contribution in [2.24, 2.45) is 0 Å². The van der Waals surface area contributed by atoms with Gasteiger partial charge in [-0.3, -0.25) is 4.79 Å². The van der Waals surface area contributed by atoms with Crippen LogP contribution in [0, 0.1) is 0 Å². The van der Waals surface area contributed by atoms with Gasteiger partial charge in [0.25, 0.3) is 5.91 Å². The number of benzene rings is 3. The van der Waals surface area contributed by atoms with Crippen molar-refractivity contribution in [3.8, 4) is 11.1 Å². The average molecular weight is 518 g/mol. The minimum Gasteiger partial charge on any atom is -0.370 e. The summed E-state index contributed by atoms with van der Waals surface area (Å²) in [6.45, 7) is 4.64. The van der Waals surface area contributed by atoms with Crippen molar-refractivity contribution in [3.63, 3.8) is 0 Å². The third kappa shape index (κ3) is 5.46. The van der Waals surface area contributed by atoms with E-state index in [1.807, 2.05) is 24.3 Å². The van der Waals surface area contributed by atoms with Crippen molar-refractivity contribution in [3.05, 3.63) is 109 Å². The van der Waals surface area contributed by atoms with E-state index in [0.717, 1.165) is 60.9 Å². The largest absolute Gasteiger partial charge is 0.370 e. The Hall–Kier alpha value is -4.69. The zero-order valence-corrected chi connectivity index (χ0v) is 21.9. The molecule has 3 heterocycles. The maximum atomic E-state index is 13.2. The van der Waals surface area contributed by atoms with Gasteiger partial charge in [0.2, 0.25) is 0 Å². The highest BCUT2D eigenvalue weighted by Crippen LogP contribution is 2.27. The molecule has 196 valence electrons. The molecule has 8 heteroatoms. The molecule has 5 aromatic rings. The lowest BCUT2D eigenvalue weighted by atomic mass is 10.1. The Morgan fingerprint density at radius 2 is 1.77 bits per heavy atom. The van der Waals surface area contributed by atoms with Gasteiger partial charge >= 0.3 is 0 Å². The van der Waals surface area contributed by atoms with E-state index < -0.39 is 0 Å². The van der Waals surface area contributed by atoms with Crippen LogP contribution in [0.3, 0.4) is 0 Å². The second-order valence-corrected chi connectivity index (χ2v) is 9.77. The fraction of sp³-hybridized carbons (Fsp3) is 0.194.